The average Bonchev–Trinajstić information content (AvgIpc) is 3.59. The third kappa shape index (κ3) is 3.19. The molecule has 1 aromatic heterocycles. The third-order valence-electron chi connectivity index (χ3n) is 7.17. The van der Waals surface area contributed by atoms with Gasteiger partial charge in [0.2, 0.25) is 6.04 Å². The van der Waals surface area contributed by atoms with Crippen molar-refractivity contribution >= 4 is 11.6 Å². The van der Waals surface area contributed by atoms with Crippen LogP contribution in [0.15, 0.2) is 108 Å². The molecule has 3 aromatic carbocycles. The minimum atomic E-state index is -1.35. The summed E-state index contributed by atoms with van der Waals surface area (Å²) in [7, 11) is 0. The van der Waals surface area contributed by atoms with Crippen LogP contribution in [-0.2, 0) is 16.9 Å². The molecule has 1 spiro atoms. The number of hydrogen-bond acceptors (Lipinski definition) is 5. The highest BCUT2D eigenvalue weighted by Gasteiger charge is 2.69. The third-order valence-corrected chi connectivity index (χ3v) is 7.17. The van der Waals surface area contributed by atoms with Crippen molar-refractivity contribution in [1.29, 1.82) is 0 Å². The van der Waals surface area contributed by atoms with Gasteiger partial charge in [0, 0.05) is 16.2 Å². The summed E-state index contributed by atoms with van der Waals surface area (Å²) in [6.07, 6.45) is 1.50. The van der Waals surface area contributed by atoms with Crippen molar-refractivity contribution in [2.75, 3.05) is 4.90 Å². The van der Waals surface area contributed by atoms with Gasteiger partial charge in [-0.05, 0) is 29.3 Å². The van der Waals surface area contributed by atoms with Gasteiger partial charge in [-0.15, -0.1) is 0 Å². The van der Waals surface area contributed by atoms with E-state index in [4.69, 9.17) is 4.42 Å². The Kier molecular flexibility index (Phi) is 5.00. The van der Waals surface area contributed by atoms with Gasteiger partial charge >= 0.3 is 0 Å². The number of benzene rings is 3. The van der Waals surface area contributed by atoms with Crippen molar-refractivity contribution in [3.8, 4) is 0 Å². The van der Waals surface area contributed by atoms with Crippen molar-refractivity contribution in [3.63, 3.8) is 0 Å². The Balaban J connectivity index is 1.56. The molecule has 35 heavy (non-hydrogen) atoms. The molecule has 1 fully saturated rings. The number of rotatable bonds is 5. The Morgan fingerprint density at radius 3 is 2.29 bits per heavy atom. The molecule has 1 unspecified atom stereocenters. The second kappa shape index (κ2) is 8.21. The van der Waals surface area contributed by atoms with Crippen LogP contribution >= 0.6 is 0 Å². The van der Waals surface area contributed by atoms with E-state index in [1.807, 2.05) is 84.9 Å². The standard InChI is InChI=1S/C28H23N3O4/c32-27-28(21-14-7-8-15-22(21)30(27)18-19-10-3-1-4-11-19)24(23-16-9-17-35-23)26(31(33)34)25(29-28)20-12-5-2-6-13-20/h1-17,24-26,29H,18H2/t24-,25+,26+,28?/m1/s1. The topological polar surface area (TPSA) is 88.6 Å². The van der Waals surface area contributed by atoms with E-state index in [0.717, 1.165) is 22.4 Å². The van der Waals surface area contributed by atoms with E-state index in [-0.39, 0.29) is 10.8 Å². The molecule has 174 valence electrons. The summed E-state index contributed by atoms with van der Waals surface area (Å²) in [6, 6.07) is 28.3. The van der Waals surface area contributed by atoms with Crippen molar-refractivity contribution < 1.29 is 14.1 Å². The Morgan fingerprint density at radius 1 is 0.914 bits per heavy atom. The maximum atomic E-state index is 14.4. The van der Waals surface area contributed by atoms with Crippen molar-refractivity contribution in [2.45, 2.75) is 30.1 Å². The highest BCUT2D eigenvalue weighted by Crippen LogP contribution is 2.57. The molecule has 6 rings (SSSR count). The summed E-state index contributed by atoms with van der Waals surface area (Å²) in [5.74, 6) is -0.635. The van der Waals surface area contributed by atoms with Gasteiger partial charge in [0.15, 0.2) is 0 Å². The van der Waals surface area contributed by atoms with E-state index in [9.17, 15) is 14.9 Å². The number of nitrogens with zero attached hydrogens (tertiary/aromatic N) is 2. The van der Waals surface area contributed by atoms with Crippen molar-refractivity contribution in [1.82, 2.24) is 5.32 Å². The molecular formula is C28H23N3O4. The van der Waals surface area contributed by atoms with Crippen molar-refractivity contribution in [2.24, 2.45) is 0 Å². The molecule has 7 nitrogen and oxygen atoms in total. The molecule has 0 saturated carbocycles. The highest BCUT2D eigenvalue weighted by atomic mass is 16.6. The average molecular weight is 466 g/mol. The minimum Gasteiger partial charge on any atom is -0.469 e. The summed E-state index contributed by atoms with van der Waals surface area (Å²) in [5.41, 5.74) is 1.87. The monoisotopic (exact) mass is 465 g/mol. The number of hydrogen-bond donors (Lipinski definition) is 1. The number of amides is 1. The van der Waals surface area contributed by atoms with E-state index in [2.05, 4.69) is 5.32 Å². The molecule has 4 aromatic rings. The van der Waals surface area contributed by atoms with Crippen LogP contribution < -0.4 is 10.2 Å². The molecule has 4 atom stereocenters. The Labute approximate surface area is 202 Å². The number of furan rings is 1. The number of carbonyl (C=O) groups excluding carboxylic acids is 1. The molecule has 0 bridgehead atoms. The molecule has 1 saturated heterocycles. The van der Waals surface area contributed by atoms with Crippen LogP contribution in [0.25, 0.3) is 0 Å². The van der Waals surface area contributed by atoms with Crippen LogP contribution in [0.5, 0.6) is 0 Å². The first-order valence-electron chi connectivity index (χ1n) is 11.6. The van der Waals surface area contributed by atoms with Crippen molar-refractivity contribution in [3.05, 3.63) is 136 Å². The number of para-hydroxylation sites is 1. The predicted octanol–water partition coefficient (Wildman–Crippen LogP) is 4.80. The molecule has 3 heterocycles. The fourth-order valence-corrected chi connectivity index (χ4v) is 5.75. The zero-order valence-corrected chi connectivity index (χ0v) is 18.8. The van der Waals surface area contributed by atoms with Crippen LogP contribution in [0.1, 0.15) is 34.4 Å². The zero-order chi connectivity index (χ0) is 24.0. The summed E-state index contributed by atoms with van der Waals surface area (Å²) in [5, 5.41) is 16.1. The summed E-state index contributed by atoms with van der Waals surface area (Å²) >= 11 is 0. The van der Waals surface area contributed by atoms with Gasteiger partial charge < -0.3 is 9.32 Å². The van der Waals surface area contributed by atoms with Gasteiger partial charge in [0.1, 0.15) is 23.3 Å². The lowest BCUT2D eigenvalue weighted by Gasteiger charge is -2.29. The summed E-state index contributed by atoms with van der Waals surface area (Å²) < 4.78 is 5.77. The highest BCUT2D eigenvalue weighted by molar-refractivity contribution is 6.09. The predicted molar refractivity (Wildman–Crippen MR) is 130 cm³/mol. The molecule has 7 heteroatoms. The molecule has 0 radical (unpaired) electrons. The normalized spacial score (nSPS) is 25.2. The number of anilines is 1. The first-order chi connectivity index (χ1) is 17.1. The Morgan fingerprint density at radius 2 is 1.60 bits per heavy atom. The van der Waals surface area contributed by atoms with Crippen LogP contribution in [0.2, 0.25) is 0 Å². The van der Waals surface area contributed by atoms with E-state index in [1.54, 1.807) is 17.0 Å². The quantitative estimate of drug-likeness (QED) is 0.338. The first-order valence-corrected chi connectivity index (χ1v) is 11.6. The molecule has 0 aliphatic carbocycles. The Bertz CT molecular complexity index is 1370. The lowest BCUT2D eigenvalue weighted by molar-refractivity contribution is -0.528. The second-order valence-corrected chi connectivity index (χ2v) is 9.00. The van der Waals surface area contributed by atoms with Crippen LogP contribution in [0, 0.1) is 10.1 Å². The smallest absolute Gasteiger partial charge is 0.253 e. The van der Waals surface area contributed by atoms with Gasteiger partial charge in [-0.3, -0.25) is 20.2 Å². The number of nitrogens with one attached hydrogen (secondary N) is 1. The fourth-order valence-electron chi connectivity index (χ4n) is 5.75. The molecule has 1 N–H and O–H groups in total. The van der Waals surface area contributed by atoms with Gasteiger partial charge in [0.05, 0.1) is 12.8 Å². The van der Waals surface area contributed by atoms with Gasteiger partial charge in [-0.2, -0.15) is 0 Å². The summed E-state index contributed by atoms with van der Waals surface area (Å²) in [6.45, 7) is 0.365. The van der Waals surface area contributed by atoms with E-state index < -0.39 is 23.5 Å². The van der Waals surface area contributed by atoms with Crippen LogP contribution in [0.4, 0.5) is 5.69 Å². The summed E-state index contributed by atoms with van der Waals surface area (Å²) in [4.78, 5) is 28.5. The lowest BCUT2D eigenvalue weighted by atomic mass is 9.76. The molecular weight excluding hydrogens is 442 g/mol. The number of fused-ring (bicyclic) bond motifs is 2. The minimum absolute atomic E-state index is 0.214. The lowest BCUT2D eigenvalue weighted by Crippen LogP contribution is -2.50. The van der Waals surface area contributed by atoms with Gasteiger partial charge in [0.25, 0.3) is 5.91 Å². The fraction of sp³-hybridized carbons (Fsp3) is 0.179. The SMILES string of the molecule is O=C1N(Cc2ccccc2)c2ccccc2C12N[C@@H](c1ccccc1)[C@@H]([N+](=O)[O-])[C@H]2c1ccco1. The van der Waals surface area contributed by atoms with Gasteiger partial charge in [-0.25, -0.2) is 0 Å². The van der Waals surface area contributed by atoms with E-state index in [0.29, 0.717) is 12.3 Å². The Hall–Kier alpha value is -4.23. The zero-order valence-electron chi connectivity index (χ0n) is 18.8. The molecule has 2 aliphatic heterocycles. The van der Waals surface area contributed by atoms with E-state index in [1.165, 1.54) is 6.26 Å². The van der Waals surface area contributed by atoms with Crippen LogP contribution in [-0.4, -0.2) is 16.9 Å². The van der Waals surface area contributed by atoms with Crippen LogP contribution in [0.3, 0.4) is 0 Å². The number of nitro groups is 1. The molecule has 1 amide bonds. The van der Waals surface area contributed by atoms with E-state index >= 15 is 0 Å². The molecule has 2 aliphatic rings. The number of carbonyl (C=O) groups is 1. The largest absolute Gasteiger partial charge is 0.469 e. The first kappa shape index (κ1) is 21.3. The maximum Gasteiger partial charge on any atom is 0.253 e. The van der Waals surface area contributed by atoms with Gasteiger partial charge in [-0.1, -0.05) is 78.9 Å². The maximum absolute atomic E-state index is 14.4. The second-order valence-electron chi connectivity index (χ2n) is 9.00.